The average molecular weight is 250 g/mol. The van der Waals surface area contributed by atoms with Gasteiger partial charge in [-0.25, -0.2) is 0 Å². The summed E-state index contributed by atoms with van der Waals surface area (Å²) >= 11 is 0. The van der Waals surface area contributed by atoms with Crippen LogP contribution in [0.2, 0.25) is 0 Å². The monoisotopic (exact) mass is 250 g/mol. The minimum absolute atomic E-state index is 0.205. The summed E-state index contributed by atoms with van der Waals surface area (Å²) in [6, 6.07) is 11.7. The van der Waals surface area contributed by atoms with Crippen molar-refractivity contribution in [2.75, 3.05) is 0 Å². The van der Waals surface area contributed by atoms with Gasteiger partial charge in [0.2, 0.25) is 0 Å². The smallest absolute Gasteiger partial charge is 0.163 e. The Morgan fingerprint density at radius 1 is 1.11 bits per heavy atom. The molecule has 0 unspecified atom stereocenters. The second kappa shape index (κ2) is 5.11. The Morgan fingerprint density at radius 3 is 2.79 bits per heavy atom. The van der Waals surface area contributed by atoms with E-state index in [0.717, 1.165) is 28.9 Å². The summed E-state index contributed by atoms with van der Waals surface area (Å²) in [4.78, 5) is 11.9. The first-order chi connectivity index (χ1) is 9.34. The van der Waals surface area contributed by atoms with Crippen molar-refractivity contribution < 1.29 is 9.21 Å². The molecule has 2 heteroatoms. The van der Waals surface area contributed by atoms with E-state index in [2.05, 4.69) is 0 Å². The molecule has 0 amide bonds. The summed E-state index contributed by atoms with van der Waals surface area (Å²) in [5.74, 6) is 1.02. The zero-order chi connectivity index (χ0) is 13.1. The SMILES string of the molecule is O=C1CCC=CC1=Cc1ccccc1-c1ccco1. The van der Waals surface area contributed by atoms with Gasteiger partial charge in [0.05, 0.1) is 6.26 Å². The Bertz CT molecular complexity index is 646. The van der Waals surface area contributed by atoms with E-state index in [9.17, 15) is 4.79 Å². The van der Waals surface area contributed by atoms with Crippen molar-refractivity contribution in [1.29, 1.82) is 0 Å². The molecule has 0 aliphatic heterocycles. The van der Waals surface area contributed by atoms with Crippen molar-refractivity contribution in [3.63, 3.8) is 0 Å². The molecule has 2 aromatic rings. The molecular formula is C17H14O2. The van der Waals surface area contributed by atoms with Crippen LogP contribution in [0.1, 0.15) is 18.4 Å². The van der Waals surface area contributed by atoms with Crippen molar-refractivity contribution in [3.05, 3.63) is 65.9 Å². The highest BCUT2D eigenvalue weighted by molar-refractivity contribution is 6.03. The standard InChI is InChI=1S/C17H14O2/c18-16-9-4-2-7-14(16)12-13-6-1-3-8-15(13)17-10-5-11-19-17/h1-3,5-8,10-12H,4,9H2. The fourth-order valence-corrected chi connectivity index (χ4v) is 2.24. The maximum absolute atomic E-state index is 11.9. The number of furan rings is 1. The average Bonchev–Trinajstić information content (AvgIpc) is 2.96. The number of benzene rings is 1. The molecule has 1 aromatic heterocycles. The van der Waals surface area contributed by atoms with Crippen molar-refractivity contribution in [2.45, 2.75) is 12.8 Å². The Kier molecular flexibility index (Phi) is 3.15. The van der Waals surface area contributed by atoms with E-state index in [1.165, 1.54) is 0 Å². The van der Waals surface area contributed by atoms with Gasteiger partial charge in [0.15, 0.2) is 5.78 Å². The van der Waals surface area contributed by atoms with Crippen LogP contribution in [-0.4, -0.2) is 5.78 Å². The van der Waals surface area contributed by atoms with E-state index >= 15 is 0 Å². The molecule has 1 aromatic carbocycles. The fourth-order valence-electron chi connectivity index (χ4n) is 2.24. The lowest BCUT2D eigenvalue weighted by Gasteiger charge is -2.08. The van der Waals surface area contributed by atoms with Crippen molar-refractivity contribution >= 4 is 11.9 Å². The lowest BCUT2D eigenvalue weighted by molar-refractivity contribution is -0.115. The van der Waals surface area contributed by atoms with Crippen molar-refractivity contribution in [1.82, 2.24) is 0 Å². The quantitative estimate of drug-likeness (QED) is 0.746. The summed E-state index contributed by atoms with van der Waals surface area (Å²) in [5.41, 5.74) is 2.78. The molecule has 0 fully saturated rings. The third-order valence-electron chi connectivity index (χ3n) is 3.22. The van der Waals surface area contributed by atoms with Gasteiger partial charge < -0.3 is 4.42 Å². The lowest BCUT2D eigenvalue weighted by Crippen LogP contribution is -2.03. The molecule has 19 heavy (non-hydrogen) atoms. The van der Waals surface area contributed by atoms with Gasteiger partial charge in [0, 0.05) is 17.6 Å². The van der Waals surface area contributed by atoms with E-state index in [0.29, 0.717) is 6.42 Å². The molecule has 1 aliphatic carbocycles. The maximum Gasteiger partial charge on any atom is 0.163 e. The number of ketones is 1. The van der Waals surface area contributed by atoms with Gasteiger partial charge in [-0.15, -0.1) is 0 Å². The van der Waals surface area contributed by atoms with E-state index in [-0.39, 0.29) is 5.78 Å². The first-order valence-corrected chi connectivity index (χ1v) is 6.39. The van der Waals surface area contributed by atoms with Crippen LogP contribution in [0.15, 0.2) is 64.8 Å². The molecule has 0 spiro atoms. The number of hydrogen-bond acceptors (Lipinski definition) is 2. The van der Waals surface area contributed by atoms with E-state index in [4.69, 9.17) is 4.42 Å². The molecule has 1 aliphatic rings. The number of hydrogen-bond donors (Lipinski definition) is 0. The summed E-state index contributed by atoms with van der Waals surface area (Å²) < 4.78 is 5.44. The second-order valence-corrected chi connectivity index (χ2v) is 4.53. The normalized spacial score (nSPS) is 17.1. The van der Waals surface area contributed by atoms with Crippen molar-refractivity contribution in [2.24, 2.45) is 0 Å². The molecule has 94 valence electrons. The molecule has 0 saturated carbocycles. The molecule has 1 heterocycles. The minimum Gasteiger partial charge on any atom is -0.464 e. The van der Waals surface area contributed by atoms with E-state index in [1.54, 1.807) is 6.26 Å². The number of carbonyl (C=O) groups is 1. The van der Waals surface area contributed by atoms with E-state index < -0.39 is 0 Å². The fraction of sp³-hybridized carbons (Fsp3) is 0.118. The van der Waals surface area contributed by atoms with Crippen LogP contribution in [0.3, 0.4) is 0 Å². The van der Waals surface area contributed by atoms with Crippen LogP contribution >= 0.6 is 0 Å². The highest BCUT2D eigenvalue weighted by Gasteiger charge is 2.12. The first kappa shape index (κ1) is 11.7. The maximum atomic E-state index is 11.9. The summed E-state index contributed by atoms with van der Waals surface area (Å²) in [6.07, 6.45) is 9.00. The number of Topliss-reactive ketones (excluding diaryl/α,β-unsaturated/α-hetero) is 1. The minimum atomic E-state index is 0.205. The molecule has 0 atom stereocenters. The van der Waals surface area contributed by atoms with Gasteiger partial charge >= 0.3 is 0 Å². The van der Waals surface area contributed by atoms with Gasteiger partial charge in [0.25, 0.3) is 0 Å². The van der Waals surface area contributed by atoms with Crippen LogP contribution in [0.25, 0.3) is 17.4 Å². The third kappa shape index (κ3) is 2.43. The van der Waals surface area contributed by atoms with Crippen LogP contribution in [0.4, 0.5) is 0 Å². The zero-order valence-electron chi connectivity index (χ0n) is 10.5. The van der Waals surface area contributed by atoms with Gasteiger partial charge in [-0.1, -0.05) is 36.4 Å². The lowest BCUT2D eigenvalue weighted by atomic mass is 9.96. The molecule has 0 bridgehead atoms. The number of allylic oxidation sites excluding steroid dienone is 3. The van der Waals surface area contributed by atoms with Crippen LogP contribution in [0, 0.1) is 0 Å². The highest BCUT2D eigenvalue weighted by Crippen LogP contribution is 2.27. The Hall–Kier alpha value is -2.35. The molecule has 0 N–H and O–H groups in total. The number of carbonyl (C=O) groups excluding carboxylic acids is 1. The second-order valence-electron chi connectivity index (χ2n) is 4.53. The number of rotatable bonds is 2. The third-order valence-corrected chi connectivity index (χ3v) is 3.22. The summed E-state index contributed by atoms with van der Waals surface area (Å²) in [6.45, 7) is 0. The van der Waals surface area contributed by atoms with Crippen LogP contribution in [0.5, 0.6) is 0 Å². The Morgan fingerprint density at radius 2 is 2.00 bits per heavy atom. The van der Waals surface area contributed by atoms with Gasteiger partial charge in [-0.2, -0.15) is 0 Å². The highest BCUT2D eigenvalue weighted by atomic mass is 16.3. The van der Waals surface area contributed by atoms with Crippen molar-refractivity contribution in [3.8, 4) is 11.3 Å². The largest absolute Gasteiger partial charge is 0.464 e. The summed E-state index contributed by atoms with van der Waals surface area (Å²) in [7, 11) is 0. The predicted molar refractivity (Wildman–Crippen MR) is 75.5 cm³/mol. The van der Waals surface area contributed by atoms with Gasteiger partial charge in [-0.05, 0) is 30.2 Å². The topological polar surface area (TPSA) is 30.2 Å². The van der Waals surface area contributed by atoms with Gasteiger partial charge in [-0.3, -0.25) is 4.79 Å². The summed E-state index contributed by atoms with van der Waals surface area (Å²) in [5, 5.41) is 0. The predicted octanol–water partition coefficient (Wildman–Crippen LogP) is 4.25. The molecule has 0 saturated heterocycles. The Labute approximate surface area is 112 Å². The Balaban J connectivity index is 2.06. The zero-order valence-corrected chi connectivity index (χ0v) is 10.5. The van der Waals surface area contributed by atoms with Crippen LogP contribution in [-0.2, 0) is 4.79 Å². The van der Waals surface area contributed by atoms with Gasteiger partial charge in [0.1, 0.15) is 5.76 Å². The molecular weight excluding hydrogens is 236 g/mol. The molecule has 2 nitrogen and oxygen atoms in total. The molecule has 0 radical (unpaired) electrons. The van der Waals surface area contributed by atoms with E-state index in [1.807, 2.05) is 54.6 Å². The first-order valence-electron chi connectivity index (χ1n) is 6.39. The van der Waals surface area contributed by atoms with Crippen LogP contribution < -0.4 is 0 Å². The molecule has 3 rings (SSSR count).